The number of thiophene rings is 1. The first-order valence-corrected chi connectivity index (χ1v) is 7.56. The van der Waals surface area contributed by atoms with Crippen molar-refractivity contribution in [1.29, 1.82) is 0 Å². The van der Waals surface area contributed by atoms with Gasteiger partial charge >= 0.3 is 0 Å². The van der Waals surface area contributed by atoms with Crippen LogP contribution in [0.2, 0.25) is 0 Å². The van der Waals surface area contributed by atoms with E-state index in [9.17, 15) is 0 Å². The van der Waals surface area contributed by atoms with Gasteiger partial charge in [0.1, 0.15) is 0 Å². The van der Waals surface area contributed by atoms with Gasteiger partial charge in [0.2, 0.25) is 5.95 Å². The van der Waals surface area contributed by atoms with Crippen molar-refractivity contribution in [3.8, 4) is 10.6 Å². The van der Waals surface area contributed by atoms with Crippen molar-refractivity contribution in [2.45, 2.75) is 25.8 Å². The average Bonchev–Trinajstić information content (AvgIpc) is 2.93. The lowest BCUT2D eigenvalue weighted by Gasteiger charge is -2.23. The summed E-state index contributed by atoms with van der Waals surface area (Å²) in [6.45, 7) is 4.16. The van der Waals surface area contributed by atoms with Gasteiger partial charge < -0.3 is 10.6 Å². The second-order valence-corrected chi connectivity index (χ2v) is 5.81. The van der Waals surface area contributed by atoms with E-state index in [0.29, 0.717) is 6.04 Å². The number of rotatable bonds is 3. The van der Waals surface area contributed by atoms with Crippen molar-refractivity contribution in [2.75, 3.05) is 18.4 Å². The molecular weight excluding hydrogens is 256 g/mol. The third kappa shape index (κ3) is 3.11. The topological polar surface area (TPSA) is 49.8 Å². The summed E-state index contributed by atoms with van der Waals surface area (Å²) in [5.74, 6) is 0.760. The molecule has 0 unspecified atom stereocenters. The fourth-order valence-electron chi connectivity index (χ4n) is 2.33. The van der Waals surface area contributed by atoms with Gasteiger partial charge in [-0.25, -0.2) is 9.97 Å². The van der Waals surface area contributed by atoms with Crippen molar-refractivity contribution < 1.29 is 0 Å². The summed E-state index contributed by atoms with van der Waals surface area (Å²) in [4.78, 5) is 10.3. The van der Waals surface area contributed by atoms with E-state index in [4.69, 9.17) is 0 Å². The molecule has 19 heavy (non-hydrogen) atoms. The zero-order valence-electron chi connectivity index (χ0n) is 11.0. The Balaban J connectivity index is 1.81. The monoisotopic (exact) mass is 274 g/mol. The summed E-state index contributed by atoms with van der Waals surface area (Å²) < 4.78 is 0. The Kier molecular flexibility index (Phi) is 3.75. The summed E-state index contributed by atoms with van der Waals surface area (Å²) in [7, 11) is 0. The van der Waals surface area contributed by atoms with Crippen LogP contribution in [0.5, 0.6) is 0 Å². The first kappa shape index (κ1) is 12.6. The average molecular weight is 274 g/mol. The Labute approximate surface area is 117 Å². The van der Waals surface area contributed by atoms with Crippen molar-refractivity contribution in [3.63, 3.8) is 0 Å². The van der Waals surface area contributed by atoms with Crippen molar-refractivity contribution >= 4 is 17.3 Å². The number of hydrogen-bond acceptors (Lipinski definition) is 5. The highest BCUT2D eigenvalue weighted by Gasteiger charge is 2.14. The van der Waals surface area contributed by atoms with E-state index >= 15 is 0 Å². The molecule has 5 heteroatoms. The second kappa shape index (κ2) is 5.67. The summed E-state index contributed by atoms with van der Waals surface area (Å²) >= 11 is 1.71. The first-order valence-electron chi connectivity index (χ1n) is 6.68. The lowest BCUT2D eigenvalue weighted by atomic mass is 10.1. The number of nitrogens with one attached hydrogen (secondary N) is 2. The van der Waals surface area contributed by atoms with Gasteiger partial charge in [0, 0.05) is 11.7 Å². The van der Waals surface area contributed by atoms with Crippen LogP contribution in [0, 0.1) is 6.92 Å². The van der Waals surface area contributed by atoms with Crippen molar-refractivity contribution in [2.24, 2.45) is 0 Å². The van der Waals surface area contributed by atoms with Gasteiger partial charge in [-0.3, -0.25) is 0 Å². The van der Waals surface area contributed by atoms with E-state index in [1.54, 1.807) is 11.3 Å². The van der Waals surface area contributed by atoms with Crippen LogP contribution < -0.4 is 10.6 Å². The largest absolute Gasteiger partial charge is 0.351 e. The molecule has 0 bridgehead atoms. The number of nitrogens with zero attached hydrogens (tertiary/aromatic N) is 2. The van der Waals surface area contributed by atoms with E-state index < -0.39 is 0 Å². The van der Waals surface area contributed by atoms with Crippen LogP contribution in [-0.2, 0) is 0 Å². The Bertz CT molecular complexity index is 532. The molecule has 1 aliphatic heterocycles. The van der Waals surface area contributed by atoms with E-state index in [1.165, 1.54) is 4.88 Å². The fraction of sp³-hybridized carbons (Fsp3) is 0.429. The maximum atomic E-state index is 4.64. The molecule has 0 spiro atoms. The molecule has 4 nitrogen and oxygen atoms in total. The maximum absolute atomic E-state index is 4.64. The second-order valence-electron chi connectivity index (χ2n) is 4.86. The smallest absolute Gasteiger partial charge is 0.223 e. The molecule has 3 rings (SSSR count). The maximum Gasteiger partial charge on any atom is 0.223 e. The SMILES string of the molecule is Cc1cc(-c2cccs2)nc(NC2CCNCC2)n1. The molecule has 100 valence electrons. The summed E-state index contributed by atoms with van der Waals surface area (Å²) in [5.41, 5.74) is 2.02. The number of piperidine rings is 1. The third-order valence-corrected chi connectivity index (χ3v) is 4.19. The molecule has 1 fully saturated rings. The van der Waals surface area contributed by atoms with Gasteiger partial charge in [-0.15, -0.1) is 11.3 Å². The van der Waals surface area contributed by atoms with Gasteiger partial charge in [-0.2, -0.15) is 0 Å². The molecular formula is C14H18N4S. The quantitative estimate of drug-likeness (QED) is 0.903. The number of anilines is 1. The highest BCUT2D eigenvalue weighted by Crippen LogP contribution is 2.24. The van der Waals surface area contributed by atoms with E-state index in [0.717, 1.165) is 43.3 Å². The van der Waals surface area contributed by atoms with Gasteiger partial charge in [0.05, 0.1) is 10.6 Å². The molecule has 2 aromatic rings. The van der Waals surface area contributed by atoms with Gasteiger partial charge in [0.15, 0.2) is 0 Å². The zero-order valence-corrected chi connectivity index (χ0v) is 11.8. The van der Waals surface area contributed by atoms with Crippen LogP contribution in [0.25, 0.3) is 10.6 Å². The fourth-order valence-corrected chi connectivity index (χ4v) is 3.02. The van der Waals surface area contributed by atoms with Crippen molar-refractivity contribution in [1.82, 2.24) is 15.3 Å². The molecule has 0 atom stereocenters. The van der Waals surface area contributed by atoms with E-state index in [1.807, 2.05) is 13.0 Å². The van der Waals surface area contributed by atoms with Crippen LogP contribution in [0.3, 0.4) is 0 Å². The zero-order chi connectivity index (χ0) is 13.1. The lowest BCUT2D eigenvalue weighted by Crippen LogP contribution is -2.35. The van der Waals surface area contributed by atoms with Crippen molar-refractivity contribution in [3.05, 3.63) is 29.3 Å². The molecule has 2 aromatic heterocycles. The molecule has 0 saturated carbocycles. The molecule has 0 aliphatic carbocycles. The molecule has 1 saturated heterocycles. The minimum atomic E-state index is 0.485. The lowest BCUT2D eigenvalue weighted by molar-refractivity contribution is 0.477. The Morgan fingerprint density at radius 1 is 1.32 bits per heavy atom. The van der Waals surface area contributed by atoms with Crippen LogP contribution in [0.1, 0.15) is 18.5 Å². The summed E-state index contributed by atoms with van der Waals surface area (Å²) in [5, 5.41) is 8.91. The predicted octanol–water partition coefficient (Wildman–Crippen LogP) is 2.68. The molecule has 0 radical (unpaired) electrons. The van der Waals surface area contributed by atoms with Gasteiger partial charge in [-0.05, 0) is 50.4 Å². The molecule has 2 N–H and O–H groups in total. The van der Waals surface area contributed by atoms with Crippen LogP contribution in [-0.4, -0.2) is 29.1 Å². The highest BCUT2D eigenvalue weighted by atomic mass is 32.1. The van der Waals surface area contributed by atoms with Crippen LogP contribution in [0.4, 0.5) is 5.95 Å². The molecule has 0 aromatic carbocycles. The third-order valence-electron chi connectivity index (χ3n) is 3.30. The Hall–Kier alpha value is -1.46. The van der Waals surface area contributed by atoms with E-state index in [2.05, 4.69) is 38.1 Å². The van der Waals surface area contributed by atoms with E-state index in [-0.39, 0.29) is 0 Å². The van der Waals surface area contributed by atoms with Gasteiger partial charge in [0.25, 0.3) is 0 Å². The molecule has 0 amide bonds. The highest BCUT2D eigenvalue weighted by molar-refractivity contribution is 7.13. The minimum Gasteiger partial charge on any atom is -0.351 e. The Morgan fingerprint density at radius 2 is 2.16 bits per heavy atom. The van der Waals surface area contributed by atoms with Gasteiger partial charge in [-0.1, -0.05) is 6.07 Å². The Morgan fingerprint density at radius 3 is 2.89 bits per heavy atom. The molecule has 3 heterocycles. The number of aromatic nitrogens is 2. The normalized spacial score (nSPS) is 16.5. The number of hydrogen-bond donors (Lipinski definition) is 2. The predicted molar refractivity (Wildman–Crippen MR) is 79.6 cm³/mol. The molecule has 1 aliphatic rings. The first-order chi connectivity index (χ1) is 9.31. The van der Waals surface area contributed by atoms with Crippen LogP contribution >= 0.6 is 11.3 Å². The standard InChI is InChI=1S/C14H18N4S/c1-10-9-12(13-3-2-8-19-13)18-14(16-10)17-11-4-6-15-7-5-11/h2-3,8-9,11,15H,4-7H2,1H3,(H,16,17,18). The minimum absolute atomic E-state index is 0.485. The summed E-state index contributed by atoms with van der Waals surface area (Å²) in [6.07, 6.45) is 2.26. The summed E-state index contributed by atoms with van der Waals surface area (Å²) in [6, 6.07) is 6.68. The number of aryl methyl sites for hydroxylation is 1. The van der Waals surface area contributed by atoms with Crippen LogP contribution in [0.15, 0.2) is 23.6 Å².